The Balaban J connectivity index is 1.58. The summed E-state index contributed by atoms with van der Waals surface area (Å²) in [4.78, 5) is 4.30. The first-order chi connectivity index (χ1) is 8.25. The van der Waals surface area contributed by atoms with Crippen LogP contribution in [-0.4, -0.2) is 34.9 Å². The van der Waals surface area contributed by atoms with E-state index in [1.807, 2.05) is 13.8 Å². The molecule has 1 aromatic heterocycles. The van der Waals surface area contributed by atoms with Gasteiger partial charge in [0.2, 0.25) is 5.95 Å². The fourth-order valence-electron chi connectivity index (χ4n) is 1.44. The number of rotatable bonds is 7. The standard InChI is InChI=1S/C12H20N4O/c1-9-10(2)15-16-12(14-9)13-6-3-7-17-8-11-4-5-11/h11H,3-8H2,1-2H3,(H,13,14,16). The molecular formula is C12H20N4O. The first-order valence-electron chi connectivity index (χ1n) is 6.25. The van der Waals surface area contributed by atoms with Gasteiger partial charge in [0, 0.05) is 19.8 Å². The molecule has 0 radical (unpaired) electrons. The van der Waals surface area contributed by atoms with Gasteiger partial charge in [0.05, 0.1) is 11.4 Å². The summed E-state index contributed by atoms with van der Waals surface area (Å²) in [6.07, 6.45) is 3.67. The van der Waals surface area contributed by atoms with Crippen molar-refractivity contribution in [1.82, 2.24) is 15.2 Å². The van der Waals surface area contributed by atoms with Crippen LogP contribution < -0.4 is 5.32 Å². The summed E-state index contributed by atoms with van der Waals surface area (Å²) >= 11 is 0. The summed E-state index contributed by atoms with van der Waals surface area (Å²) < 4.78 is 5.54. The summed E-state index contributed by atoms with van der Waals surface area (Å²) in [5.41, 5.74) is 1.80. The highest BCUT2D eigenvalue weighted by atomic mass is 16.5. The maximum absolute atomic E-state index is 5.54. The molecule has 0 spiro atoms. The lowest BCUT2D eigenvalue weighted by molar-refractivity contribution is 0.124. The van der Waals surface area contributed by atoms with E-state index in [2.05, 4.69) is 20.5 Å². The van der Waals surface area contributed by atoms with E-state index in [1.165, 1.54) is 12.8 Å². The van der Waals surface area contributed by atoms with E-state index in [0.29, 0.717) is 5.95 Å². The Kier molecular flexibility index (Phi) is 4.25. The van der Waals surface area contributed by atoms with Gasteiger partial charge in [-0.2, -0.15) is 5.10 Å². The van der Waals surface area contributed by atoms with Gasteiger partial charge in [0.25, 0.3) is 0 Å². The minimum Gasteiger partial charge on any atom is -0.381 e. The van der Waals surface area contributed by atoms with E-state index in [0.717, 1.165) is 43.5 Å². The van der Waals surface area contributed by atoms with Crippen LogP contribution in [0.15, 0.2) is 0 Å². The molecule has 0 unspecified atom stereocenters. The predicted octanol–water partition coefficient (Wildman–Crippen LogP) is 1.72. The minimum absolute atomic E-state index is 0.607. The molecule has 1 aliphatic carbocycles. The summed E-state index contributed by atoms with van der Waals surface area (Å²) in [6, 6.07) is 0. The van der Waals surface area contributed by atoms with Crippen LogP contribution in [0.2, 0.25) is 0 Å². The lowest BCUT2D eigenvalue weighted by atomic mass is 10.4. The van der Waals surface area contributed by atoms with Crippen LogP contribution in [0.4, 0.5) is 5.95 Å². The number of aromatic nitrogens is 3. The van der Waals surface area contributed by atoms with Crippen molar-refractivity contribution in [3.05, 3.63) is 11.4 Å². The van der Waals surface area contributed by atoms with Crippen molar-refractivity contribution in [2.45, 2.75) is 33.1 Å². The number of hydrogen-bond donors (Lipinski definition) is 1. The van der Waals surface area contributed by atoms with Gasteiger partial charge in [-0.25, -0.2) is 4.98 Å². The predicted molar refractivity (Wildman–Crippen MR) is 66.0 cm³/mol. The second kappa shape index (κ2) is 5.91. The van der Waals surface area contributed by atoms with Crippen molar-refractivity contribution in [2.24, 2.45) is 5.92 Å². The van der Waals surface area contributed by atoms with E-state index in [-0.39, 0.29) is 0 Å². The van der Waals surface area contributed by atoms with Crippen molar-refractivity contribution >= 4 is 5.95 Å². The first-order valence-corrected chi connectivity index (χ1v) is 6.25. The minimum atomic E-state index is 0.607. The van der Waals surface area contributed by atoms with Gasteiger partial charge in [-0.1, -0.05) is 0 Å². The molecule has 1 N–H and O–H groups in total. The molecule has 5 heteroatoms. The molecule has 1 fully saturated rings. The van der Waals surface area contributed by atoms with E-state index in [9.17, 15) is 0 Å². The van der Waals surface area contributed by atoms with E-state index >= 15 is 0 Å². The van der Waals surface area contributed by atoms with Crippen LogP contribution in [0.25, 0.3) is 0 Å². The number of nitrogens with zero attached hydrogens (tertiary/aromatic N) is 3. The zero-order valence-electron chi connectivity index (χ0n) is 10.6. The topological polar surface area (TPSA) is 59.9 Å². The van der Waals surface area contributed by atoms with Gasteiger partial charge in [-0.15, -0.1) is 5.10 Å². The van der Waals surface area contributed by atoms with Gasteiger partial charge in [0.15, 0.2) is 0 Å². The molecular weight excluding hydrogens is 216 g/mol. The monoisotopic (exact) mass is 236 g/mol. The van der Waals surface area contributed by atoms with Crippen molar-refractivity contribution in [2.75, 3.05) is 25.1 Å². The molecule has 0 amide bonds. The van der Waals surface area contributed by atoms with Crippen molar-refractivity contribution in [3.63, 3.8) is 0 Å². The van der Waals surface area contributed by atoms with Crippen molar-refractivity contribution < 1.29 is 4.74 Å². The van der Waals surface area contributed by atoms with Gasteiger partial charge >= 0.3 is 0 Å². The number of ether oxygens (including phenoxy) is 1. The largest absolute Gasteiger partial charge is 0.381 e. The van der Waals surface area contributed by atoms with Crippen LogP contribution in [-0.2, 0) is 4.74 Å². The Labute approximate surface area is 102 Å². The summed E-state index contributed by atoms with van der Waals surface area (Å²) in [6.45, 7) is 6.41. The molecule has 1 aromatic rings. The lowest BCUT2D eigenvalue weighted by Crippen LogP contribution is -2.10. The molecule has 94 valence electrons. The molecule has 0 aliphatic heterocycles. The van der Waals surface area contributed by atoms with Crippen LogP contribution in [0.5, 0.6) is 0 Å². The average Bonchev–Trinajstić information content (AvgIpc) is 3.12. The van der Waals surface area contributed by atoms with Crippen molar-refractivity contribution in [1.29, 1.82) is 0 Å². The van der Waals surface area contributed by atoms with E-state index in [1.54, 1.807) is 0 Å². The van der Waals surface area contributed by atoms with Crippen LogP contribution in [0.3, 0.4) is 0 Å². The maximum Gasteiger partial charge on any atom is 0.242 e. The molecule has 1 aliphatic rings. The SMILES string of the molecule is Cc1nnc(NCCCOCC2CC2)nc1C. The van der Waals surface area contributed by atoms with Gasteiger partial charge in [-0.05, 0) is 39.0 Å². The zero-order valence-corrected chi connectivity index (χ0v) is 10.6. The molecule has 0 aromatic carbocycles. The normalized spacial score (nSPS) is 14.9. The quantitative estimate of drug-likeness (QED) is 0.730. The second-order valence-electron chi connectivity index (χ2n) is 4.60. The molecule has 0 atom stereocenters. The molecule has 1 heterocycles. The average molecular weight is 236 g/mol. The highest BCUT2D eigenvalue weighted by molar-refractivity contribution is 5.24. The zero-order chi connectivity index (χ0) is 12.1. The Bertz CT molecular complexity index is 366. The van der Waals surface area contributed by atoms with Crippen LogP contribution >= 0.6 is 0 Å². The number of nitrogens with one attached hydrogen (secondary N) is 1. The second-order valence-corrected chi connectivity index (χ2v) is 4.60. The van der Waals surface area contributed by atoms with Gasteiger partial charge in [-0.3, -0.25) is 0 Å². The Morgan fingerprint density at radius 3 is 2.76 bits per heavy atom. The third kappa shape index (κ3) is 4.26. The molecule has 2 rings (SSSR count). The summed E-state index contributed by atoms with van der Waals surface area (Å²) in [5, 5.41) is 11.2. The molecule has 0 bridgehead atoms. The number of anilines is 1. The third-order valence-electron chi connectivity index (χ3n) is 2.89. The molecule has 5 nitrogen and oxygen atoms in total. The van der Waals surface area contributed by atoms with E-state index < -0.39 is 0 Å². The lowest BCUT2D eigenvalue weighted by Gasteiger charge is -2.06. The highest BCUT2D eigenvalue weighted by Gasteiger charge is 2.20. The number of hydrogen-bond acceptors (Lipinski definition) is 5. The molecule has 1 saturated carbocycles. The molecule has 17 heavy (non-hydrogen) atoms. The van der Waals surface area contributed by atoms with Crippen LogP contribution in [0.1, 0.15) is 30.7 Å². The highest BCUT2D eigenvalue weighted by Crippen LogP contribution is 2.28. The number of aryl methyl sites for hydroxylation is 2. The Morgan fingerprint density at radius 2 is 2.06 bits per heavy atom. The van der Waals surface area contributed by atoms with Gasteiger partial charge in [0.1, 0.15) is 0 Å². The third-order valence-corrected chi connectivity index (χ3v) is 2.89. The van der Waals surface area contributed by atoms with Crippen LogP contribution in [0, 0.1) is 19.8 Å². The smallest absolute Gasteiger partial charge is 0.242 e. The molecule has 0 saturated heterocycles. The maximum atomic E-state index is 5.54. The first kappa shape index (κ1) is 12.2. The van der Waals surface area contributed by atoms with E-state index in [4.69, 9.17) is 4.74 Å². The summed E-state index contributed by atoms with van der Waals surface area (Å²) in [7, 11) is 0. The van der Waals surface area contributed by atoms with Gasteiger partial charge < -0.3 is 10.1 Å². The summed E-state index contributed by atoms with van der Waals surface area (Å²) in [5.74, 6) is 1.45. The van der Waals surface area contributed by atoms with Crippen molar-refractivity contribution in [3.8, 4) is 0 Å². The Hall–Kier alpha value is -1.23. The fraction of sp³-hybridized carbons (Fsp3) is 0.750. The fourth-order valence-corrected chi connectivity index (χ4v) is 1.44. The Morgan fingerprint density at radius 1 is 1.24 bits per heavy atom.